The average molecular weight is 343 g/mol. The fourth-order valence-corrected chi connectivity index (χ4v) is 3.50. The van der Waals surface area contributed by atoms with Crippen LogP contribution in [0, 0.1) is 5.92 Å². The topological polar surface area (TPSA) is 78.5 Å². The third kappa shape index (κ3) is 4.18. The highest BCUT2D eigenvalue weighted by atomic mass is 16.2. The van der Waals surface area contributed by atoms with E-state index in [0.717, 1.165) is 24.7 Å². The number of rotatable bonds is 4. The Kier molecular flexibility index (Phi) is 5.36. The largest absolute Gasteiger partial charge is 0.372 e. The minimum Gasteiger partial charge on any atom is -0.372 e. The molecule has 1 unspecified atom stereocenters. The van der Waals surface area contributed by atoms with Gasteiger partial charge in [0, 0.05) is 30.8 Å². The molecule has 0 aromatic heterocycles. The van der Waals surface area contributed by atoms with E-state index >= 15 is 0 Å². The second kappa shape index (κ2) is 7.68. The van der Waals surface area contributed by atoms with Crippen molar-refractivity contribution in [1.82, 2.24) is 10.6 Å². The number of hydrogen-bond acceptors (Lipinski definition) is 4. The van der Waals surface area contributed by atoms with Crippen molar-refractivity contribution in [2.45, 2.75) is 45.1 Å². The Balaban J connectivity index is 1.57. The van der Waals surface area contributed by atoms with Gasteiger partial charge in [0.15, 0.2) is 0 Å². The SMILES string of the molecule is CCC1CCN(c2ccc(C(=O)NC3CCC(=O)NC3=O)cc2)CC1. The lowest BCUT2D eigenvalue weighted by molar-refractivity contribution is -0.134. The van der Waals surface area contributed by atoms with Crippen molar-refractivity contribution in [1.29, 1.82) is 0 Å². The smallest absolute Gasteiger partial charge is 0.251 e. The molecule has 0 saturated carbocycles. The number of amides is 3. The Hall–Kier alpha value is -2.37. The van der Waals surface area contributed by atoms with Gasteiger partial charge in [-0.15, -0.1) is 0 Å². The van der Waals surface area contributed by atoms with Crippen LogP contribution in [0.5, 0.6) is 0 Å². The minimum absolute atomic E-state index is 0.253. The number of carbonyl (C=O) groups is 3. The van der Waals surface area contributed by atoms with Gasteiger partial charge in [0.25, 0.3) is 5.91 Å². The molecule has 2 heterocycles. The van der Waals surface area contributed by atoms with Gasteiger partial charge < -0.3 is 10.2 Å². The van der Waals surface area contributed by atoms with Crippen molar-refractivity contribution < 1.29 is 14.4 Å². The molecule has 134 valence electrons. The maximum Gasteiger partial charge on any atom is 0.251 e. The molecule has 2 N–H and O–H groups in total. The first-order chi connectivity index (χ1) is 12.1. The van der Waals surface area contributed by atoms with E-state index in [1.54, 1.807) is 12.1 Å². The number of anilines is 1. The summed E-state index contributed by atoms with van der Waals surface area (Å²) in [6.07, 6.45) is 4.28. The number of carbonyl (C=O) groups excluding carboxylic acids is 3. The van der Waals surface area contributed by atoms with Crippen LogP contribution >= 0.6 is 0 Å². The molecule has 0 bridgehead atoms. The Morgan fingerprint density at radius 2 is 1.84 bits per heavy atom. The van der Waals surface area contributed by atoms with Gasteiger partial charge in [-0.2, -0.15) is 0 Å². The monoisotopic (exact) mass is 343 g/mol. The Morgan fingerprint density at radius 1 is 1.16 bits per heavy atom. The Labute approximate surface area is 148 Å². The van der Waals surface area contributed by atoms with E-state index in [1.165, 1.54) is 19.3 Å². The highest BCUT2D eigenvalue weighted by molar-refractivity contribution is 6.03. The molecule has 0 aliphatic carbocycles. The van der Waals surface area contributed by atoms with Crippen molar-refractivity contribution >= 4 is 23.4 Å². The summed E-state index contributed by atoms with van der Waals surface area (Å²) in [7, 11) is 0. The Morgan fingerprint density at radius 3 is 2.44 bits per heavy atom. The van der Waals surface area contributed by atoms with E-state index in [-0.39, 0.29) is 18.2 Å². The summed E-state index contributed by atoms with van der Waals surface area (Å²) in [6, 6.07) is 6.88. The standard InChI is InChI=1S/C19H25N3O3/c1-2-13-9-11-22(12-10-13)15-5-3-14(4-6-15)18(24)20-16-7-8-17(23)21-19(16)25/h3-6,13,16H,2,7-12H2,1H3,(H,20,24)(H,21,23,25). The summed E-state index contributed by atoms with van der Waals surface area (Å²) in [4.78, 5) is 37.6. The van der Waals surface area contributed by atoms with Gasteiger partial charge >= 0.3 is 0 Å². The van der Waals surface area contributed by atoms with Gasteiger partial charge in [-0.05, 0) is 49.4 Å². The molecule has 25 heavy (non-hydrogen) atoms. The van der Waals surface area contributed by atoms with Gasteiger partial charge in [0.2, 0.25) is 11.8 Å². The first-order valence-corrected chi connectivity index (χ1v) is 9.06. The number of piperidine rings is 2. The van der Waals surface area contributed by atoms with Gasteiger partial charge in [0.1, 0.15) is 6.04 Å². The minimum atomic E-state index is -0.641. The molecular weight excluding hydrogens is 318 g/mol. The molecule has 6 heteroatoms. The molecule has 6 nitrogen and oxygen atoms in total. The van der Waals surface area contributed by atoms with Gasteiger partial charge in [0.05, 0.1) is 0 Å². The molecule has 2 aliphatic heterocycles. The summed E-state index contributed by atoms with van der Waals surface area (Å²) in [5, 5.41) is 4.95. The predicted molar refractivity (Wildman–Crippen MR) is 95.3 cm³/mol. The van der Waals surface area contributed by atoms with Gasteiger partial charge in [-0.3, -0.25) is 19.7 Å². The summed E-state index contributed by atoms with van der Waals surface area (Å²) in [6.45, 7) is 4.36. The van der Waals surface area contributed by atoms with Crippen LogP contribution in [0.3, 0.4) is 0 Å². The molecule has 2 aliphatic rings. The predicted octanol–water partition coefficient (Wildman–Crippen LogP) is 1.85. The maximum absolute atomic E-state index is 12.3. The molecule has 3 rings (SSSR count). The van der Waals surface area contributed by atoms with E-state index in [1.807, 2.05) is 12.1 Å². The molecule has 1 aromatic carbocycles. The molecule has 0 spiro atoms. The maximum atomic E-state index is 12.3. The quantitative estimate of drug-likeness (QED) is 0.818. The van der Waals surface area contributed by atoms with Crippen molar-refractivity contribution in [3.63, 3.8) is 0 Å². The van der Waals surface area contributed by atoms with Crippen LogP contribution in [0.15, 0.2) is 24.3 Å². The van der Waals surface area contributed by atoms with Gasteiger partial charge in [-0.25, -0.2) is 0 Å². The fraction of sp³-hybridized carbons (Fsp3) is 0.526. The molecule has 1 aromatic rings. The van der Waals surface area contributed by atoms with E-state index in [2.05, 4.69) is 22.5 Å². The van der Waals surface area contributed by atoms with Crippen molar-refractivity contribution in [3.05, 3.63) is 29.8 Å². The molecule has 3 amide bonds. The number of nitrogens with one attached hydrogen (secondary N) is 2. The number of nitrogens with zero attached hydrogens (tertiary/aromatic N) is 1. The summed E-state index contributed by atoms with van der Waals surface area (Å²) in [5.74, 6) is -0.174. The molecule has 2 fully saturated rings. The van der Waals surface area contributed by atoms with Crippen molar-refractivity contribution in [2.24, 2.45) is 5.92 Å². The summed E-state index contributed by atoms with van der Waals surface area (Å²) < 4.78 is 0. The Bertz CT molecular complexity index is 648. The fourth-order valence-electron chi connectivity index (χ4n) is 3.50. The number of hydrogen-bond donors (Lipinski definition) is 2. The van der Waals surface area contributed by atoms with Crippen LogP contribution < -0.4 is 15.5 Å². The first kappa shape index (κ1) is 17.5. The van der Waals surface area contributed by atoms with E-state index in [0.29, 0.717) is 12.0 Å². The van der Waals surface area contributed by atoms with Crippen LogP contribution in [0.4, 0.5) is 5.69 Å². The second-order valence-electron chi connectivity index (χ2n) is 6.86. The normalized spacial score (nSPS) is 21.8. The lowest BCUT2D eigenvalue weighted by atomic mass is 9.94. The van der Waals surface area contributed by atoms with E-state index in [9.17, 15) is 14.4 Å². The third-order valence-corrected chi connectivity index (χ3v) is 5.23. The van der Waals surface area contributed by atoms with E-state index < -0.39 is 11.9 Å². The lowest BCUT2D eigenvalue weighted by Crippen LogP contribution is -2.52. The second-order valence-corrected chi connectivity index (χ2v) is 6.86. The van der Waals surface area contributed by atoms with E-state index in [4.69, 9.17) is 0 Å². The first-order valence-electron chi connectivity index (χ1n) is 9.06. The van der Waals surface area contributed by atoms with Crippen LogP contribution in [0.1, 0.15) is 49.4 Å². The molecular formula is C19H25N3O3. The molecule has 1 atom stereocenters. The zero-order chi connectivity index (χ0) is 17.8. The number of imide groups is 1. The third-order valence-electron chi connectivity index (χ3n) is 5.23. The highest BCUT2D eigenvalue weighted by Crippen LogP contribution is 2.25. The molecule has 2 saturated heterocycles. The highest BCUT2D eigenvalue weighted by Gasteiger charge is 2.28. The molecule has 0 radical (unpaired) electrons. The number of benzene rings is 1. The zero-order valence-corrected chi connectivity index (χ0v) is 14.6. The van der Waals surface area contributed by atoms with Crippen molar-refractivity contribution in [2.75, 3.05) is 18.0 Å². The van der Waals surface area contributed by atoms with Crippen molar-refractivity contribution in [3.8, 4) is 0 Å². The van der Waals surface area contributed by atoms with Crippen LogP contribution in [0.25, 0.3) is 0 Å². The lowest BCUT2D eigenvalue weighted by Gasteiger charge is -2.33. The van der Waals surface area contributed by atoms with Gasteiger partial charge in [-0.1, -0.05) is 13.3 Å². The zero-order valence-electron chi connectivity index (χ0n) is 14.6. The average Bonchev–Trinajstić information content (AvgIpc) is 2.64. The van der Waals surface area contributed by atoms with Crippen LogP contribution in [-0.2, 0) is 9.59 Å². The van der Waals surface area contributed by atoms with Crippen LogP contribution in [0.2, 0.25) is 0 Å². The summed E-state index contributed by atoms with van der Waals surface area (Å²) >= 11 is 0. The summed E-state index contributed by atoms with van der Waals surface area (Å²) in [5.41, 5.74) is 1.66. The van der Waals surface area contributed by atoms with Crippen LogP contribution in [-0.4, -0.2) is 36.9 Å².